The molecule has 39 heavy (non-hydrogen) atoms. The third-order valence-corrected chi connectivity index (χ3v) is 7.63. The van der Waals surface area contributed by atoms with E-state index in [1.807, 2.05) is 35.2 Å². The van der Waals surface area contributed by atoms with Gasteiger partial charge in [0, 0.05) is 61.4 Å². The maximum atomic E-state index is 13.0. The largest absolute Gasteiger partial charge is 0.495 e. The first kappa shape index (κ1) is 26.6. The number of aromatic nitrogens is 2. The van der Waals surface area contributed by atoms with Gasteiger partial charge in [0.15, 0.2) is 5.82 Å². The average Bonchev–Trinajstić information content (AvgIpc) is 3.35. The molecule has 2 heterocycles. The summed E-state index contributed by atoms with van der Waals surface area (Å²) in [5, 5.41) is 11.6. The number of methoxy groups -OCH3 is 2. The molecule has 2 N–H and O–H groups in total. The summed E-state index contributed by atoms with van der Waals surface area (Å²) in [4.78, 5) is 28.6. The number of anilines is 2. The summed E-state index contributed by atoms with van der Waals surface area (Å²) in [5.41, 5.74) is 3.52. The molecule has 0 aliphatic carbocycles. The zero-order valence-electron chi connectivity index (χ0n) is 21.7. The highest BCUT2D eigenvalue weighted by Gasteiger charge is 2.21. The molecular formula is C28H27Cl2N5O4. The molecule has 5 rings (SSSR count). The summed E-state index contributed by atoms with van der Waals surface area (Å²) in [5.74, 6) is 1.11. The van der Waals surface area contributed by atoms with Crippen LogP contribution in [-0.4, -0.2) is 67.3 Å². The Kier molecular flexibility index (Phi) is 7.54. The lowest BCUT2D eigenvalue weighted by Crippen LogP contribution is -2.48. The second-order valence-electron chi connectivity index (χ2n) is 9.11. The number of hydrogen-bond acceptors (Lipinski definition) is 6. The van der Waals surface area contributed by atoms with E-state index in [-0.39, 0.29) is 11.8 Å². The van der Waals surface area contributed by atoms with Crippen molar-refractivity contribution in [2.24, 2.45) is 0 Å². The number of rotatable bonds is 6. The van der Waals surface area contributed by atoms with E-state index in [1.54, 1.807) is 25.1 Å². The maximum absolute atomic E-state index is 13.0. The summed E-state index contributed by atoms with van der Waals surface area (Å²) in [7, 11) is 3.05. The molecule has 1 aliphatic heterocycles. The molecule has 0 radical (unpaired) electrons. The topological polar surface area (TPSA) is 99.8 Å². The van der Waals surface area contributed by atoms with E-state index in [9.17, 15) is 9.59 Å². The number of halogens is 2. The maximum Gasteiger partial charge on any atom is 0.256 e. The number of nitrogens with one attached hydrogen (secondary N) is 2. The second kappa shape index (κ2) is 11.0. The fourth-order valence-corrected chi connectivity index (χ4v) is 5.41. The predicted molar refractivity (Wildman–Crippen MR) is 154 cm³/mol. The van der Waals surface area contributed by atoms with Crippen LogP contribution in [0.2, 0.25) is 10.0 Å². The highest BCUT2D eigenvalue weighted by molar-refractivity contribution is 6.41. The zero-order valence-corrected chi connectivity index (χ0v) is 23.2. The summed E-state index contributed by atoms with van der Waals surface area (Å²) in [6.07, 6.45) is 0. The lowest BCUT2D eigenvalue weighted by atomic mass is 10.0. The molecule has 0 spiro atoms. The van der Waals surface area contributed by atoms with E-state index in [0.29, 0.717) is 57.1 Å². The van der Waals surface area contributed by atoms with Crippen molar-refractivity contribution in [3.63, 3.8) is 0 Å². The Bertz CT molecular complexity index is 1520. The van der Waals surface area contributed by atoms with Crippen molar-refractivity contribution in [1.82, 2.24) is 15.1 Å². The Morgan fingerprint density at radius 2 is 1.56 bits per heavy atom. The molecule has 3 aromatic carbocycles. The minimum absolute atomic E-state index is 0.0944. The van der Waals surface area contributed by atoms with E-state index in [4.69, 9.17) is 32.7 Å². The van der Waals surface area contributed by atoms with Gasteiger partial charge in [-0.25, -0.2) is 0 Å². The average molecular weight is 568 g/mol. The highest BCUT2D eigenvalue weighted by Crippen LogP contribution is 2.46. The van der Waals surface area contributed by atoms with E-state index in [1.165, 1.54) is 14.2 Å². The van der Waals surface area contributed by atoms with Gasteiger partial charge in [-0.1, -0.05) is 29.3 Å². The van der Waals surface area contributed by atoms with Gasteiger partial charge in [0.05, 0.1) is 29.8 Å². The molecule has 11 heteroatoms. The van der Waals surface area contributed by atoms with Crippen LogP contribution in [0.25, 0.3) is 22.0 Å². The van der Waals surface area contributed by atoms with Gasteiger partial charge in [-0.3, -0.25) is 14.7 Å². The number of piperazine rings is 1. The van der Waals surface area contributed by atoms with Crippen LogP contribution in [0, 0.1) is 0 Å². The molecule has 0 saturated carbocycles. The second-order valence-corrected chi connectivity index (χ2v) is 9.87. The van der Waals surface area contributed by atoms with E-state index in [0.717, 1.165) is 29.7 Å². The summed E-state index contributed by atoms with van der Waals surface area (Å²) < 4.78 is 10.8. The van der Waals surface area contributed by atoms with Crippen molar-refractivity contribution >= 4 is 57.4 Å². The van der Waals surface area contributed by atoms with E-state index < -0.39 is 0 Å². The number of nitrogens with zero attached hydrogens (tertiary/aromatic N) is 3. The number of carbonyl (C=O) groups excluding carboxylic acids is 2. The molecule has 1 aliphatic rings. The Hall–Kier alpha value is -3.95. The van der Waals surface area contributed by atoms with Crippen LogP contribution in [-0.2, 0) is 4.79 Å². The van der Waals surface area contributed by atoms with Crippen molar-refractivity contribution in [1.29, 1.82) is 0 Å². The van der Waals surface area contributed by atoms with Crippen LogP contribution in [0.4, 0.5) is 11.5 Å². The van der Waals surface area contributed by atoms with Crippen molar-refractivity contribution in [2.45, 2.75) is 6.92 Å². The van der Waals surface area contributed by atoms with Crippen molar-refractivity contribution in [2.75, 3.05) is 50.6 Å². The van der Waals surface area contributed by atoms with Crippen LogP contribution < -0.4 is 19.7 Å². The van der Waals surface area contributed by atoms with E-state index in [2.05, 4.69) is 20.4 Å². The first-order valence-corrected chi connectivity index (χ1v) is 13.1. The Morgan fingerprint density at radius 1 is 0.923 bits per heavy atom. The van der Waals surface area contributed by atoms with Crippen LogP contribution in [0.3, 0.4) is 0 Å². The van der Waals surface area contributed by atoms with Crippen molar-refractivity contribution in [3.05, 3.63) is 64.1 Å². The van der Waals surface area contributed by atoms with Gasteiger partial charge < -0.3 is 24.6 Å². The molecule has 0 bridgehead atoms. The van der Waals surface area contributed by atoms with Gasteiger partial charge >= 0.3 is 0 Å². The number of hydrogen-bond donors (Lipinski definition) is 2. The van der Waals surface area contributed by atoms with Gasteiger partial charge in [-0.05, 0) is 42.0 Å². The summed E-state index contributed by atoms with van der Waals surface area (Å²) >= 11 is 13.2. The van der Waals surface area contributed by atoms with Gasteiger partial charge in [0.25, 0.3) is 5.91 Å². The molecule has 0 atom stereocenters. The molecule has 1 saturated heterocycles. The molecule has 0 unspecified atom stereocenters. The van der Waals surface area contributed by atoms with Gasteiger partial charge in [0.2, 0.25) is 5.91 Å². The number of carbonyl (C=O) groups is 2. The van der Waals surface area contributed by atoms with E-state index >= 15 is 0 Å². The zero-order chi connectivity index (χ0) is 27.7. The molecule has 4 aromatic rings. The molecule has 2 amide bonds. The number of fused-ring (bicyclic) bond motifs is 1. The Labute approximate surface area is 235 Å². The number of amides is 2. The quantitative estimate of drug-likeness (QED) is 0.320. The predicted octanol–water partition coefficient (Wildman–Crippen LogP) is 5.47. The summed E-state index contributed by atoms with van der Waals surface area (Å²) in [6, 6.07) is 14.6. The van der Waals surface area contributed by atoms with Crippen LogP contribution >= 0.6 is 23.2 Å². The minimum atomic E-state index is -0.274. The van der Waals surface area contributed by atoms with Crippen molar-refractivity contribution < 1.29 is 19.1 Å². The molecular weight excluding hydrogens is 541 g/mol. The third kappa shape index (κ3) is 5.20. The lowest BCUT2D eigenvalue weighted by Gasteiger charge is -2.35. The SMILES string of the molecule is COc1cc(OC)c(Cl)c(-c2ccc3c(NC(=O)c4ccc(N5CCN(C(C)=O)CC5)cc4)n[nH]c3c2)c1Cl. The monoisotopic (exact) mass is 567 g/mol. The number of aromatic amines is 1. The third-order valence-electron chi connectivity index (χ3n) is 6.88. The minimum Gasteiger partial charge on any atom is -0.495 e. The standard InChI is InChI=1S/C28H27Cl2N5O4/c1-16(36)34-10-12-35(13-11-34)19-7-4-17(5-8-19)28(37)31-27-20-9-6-18(14-21(20)32-33-27)24-25(29)22(38-2)15-23(39-3)26(24)30/h4-9,14-15H,10-13H2,1-3H3,(H2,31,32,33,37). The smallest absolute Gasteiger partial charge is 0.256 e. The van der Waals surface area contributed by atoms with Crippen LogP contribution in [0.15, 0.2) is 48.5 Å². The first-order valence-electron chi connectivity index (χ1n) is 12.3. The lowest BCUT2D eigenvalue weighted by molar-refractivity contribution is -0.129. The summed E-state index contributed by atoms with van der Waals surface area (Å²) in [6.45, 7) is 4.48. The molecule has 9 nitrogen and oxygen atoms in total. The molecule has 202 valence electrons. The number of ether oxygens (including phenoxy) is 2. The van der Waals surface area contributed by atoms with Crippen LogP contribution in [0.1, 0.15) is 17.3 Å². The first-order chi connectivity index (χ1) is 18.8. The fourth-order valence-electron chi connectivity index (χ4n) is 4.69. The molecule has 1 aromatic heterocycles. The number of H-pyrrole nitrogens is 1. The Balaban J connectivity index is 1.33. The van der Waals surface area contributed by atoms with Crippen LogP contribution in [0.5, 0.6) is 11.5 Å². The van der Waals surface area contributed by atoms with Crippen molar-refractivity contribution in [3.8, 4) is 22.6 Å². The van der Waals surface area contributed by atoms with Gasteiger partial charge in [-0.2, -0.15) is 5.10 Å². The number of benzene rings is 3. The highest BCUT2D eigenvalue weighted by atomic mass is 35.5. The normalized spacial score (nSPS) is 13.5. The van der Waals surface area contributed by atoms with Gasteiger partial charge in [0.1, 0.15) is 11.5 Å². The molecule has 1 fully saturated rings. The Morgan fingerprint density at radius 3 is 2.15 bits per heavy atom. The van der Waals surface area contributed by atoms with Gasteiger partial charge in [-0.15, -0.1) is 0 Å². The fraction of sp³-hybridized carbons (Fsp3) is 0.250.